The Bertz CT molecular complexity index is 2130. The molecular formula is C58H77Cl2SiZr. The Morgan fingerprint density at radius 1 is 0.532 bits per heavy atom. The van der Waals surface area contributed by atoms with E-state index in [1.807, 2.05) is 0 Å². The molecule has 331 valence electrons. The van der Waals surface area contributed by atoms with E-state index in [4.69, 9.17) is 0 Å². The van der Waals surface area contributed by atoms with Gasteiger partial charge in [-0.3, -0.25) is 0 Å². The van der Waals surface area contributed by atoms with Crippen LogP contribution >= 0.6 is 17.0 Å². The van der Waals surface area contributed by atoms with Gasteiger partial charge in [-0.05, 0) is 0 Å². The van der Waals surface area contributed by atoms with Crippen molar-refractivity contribution in [3.63, 3.8) is 0 Å². The van der Waals surface area contributed by atoms with Crippen molar-refractivity contribution in [1.29, 1.82) is 0 Å². The van der Waals surface area contributed by atoms with Gasteiger partial charge in [0.1, 0.15) is 0 Å². The van der Waals surface area contributed by atoms with Crippen LogP contribution in [0, 0.1) is 38.5 Å². The van der Waals surface area contributed by atoms with Crippen LogP contribution in [-0.4, -0.2) is 5.92 Å². The third-order valence-electron chi connectivity index (χ3n) is 16.6. The average Bonchev–Trinajstić information content (AvgIpc) is 3.58. The second kappa shape index (κ2) is 18.7. The molecule has 4 aromatic rings. The molecule has 0 aromatic heterocycles. The SMILES string of the molecule is CCCC1(CC2=Cc3c(-c4cc(C)cc(C)c4)cccc3[CH]2[Zr]([Cl])([Cl])([CH]2C(CC3(CCC)CCCCCC3)=Cc3c(-c4cc(C)cc(C)c4)cccc32)[SiH](C)C)CCCCCC1. The quantitative estimate of drug-likeness (QED) is 0.0925. The van der Waals surface area contributed by atoms with E-state index >= 15 is 0 Å². The third kappa shape index (κ3) is 8.85. The summed E-state index contributed by atoms with van der Waals surface area (Å²) in [6.07, 6.45) is 28.9. The molecule has 4 aliphatic rings. The summed E-state index contributed by atoms with van der Waals surface area (Å²) >= 11 is -5.17. The van der Waals surface area contributed by atoms with Crippen LogP contribution in [-0.2, 0) is 15.6 Å². The predicted octanol–water partition coefficient (Wildman–Crippen LogP) is 18.9. The molecule has 0 aliphatic heterocycles. The normalized spacial score (nSPS) is 21.6. The zero-order valence-electron chi connectivity index (χ0n) is 39.8. The van der Waals surface area contributed by atoms with Crippen molar-refractivity contribution in [2.24, 2.45) is 10.8 Å². The summed E-state index contributed by atoms with van der Waals surface area (Å²) in [5, 5.41) is 0. The topological polar surface area (TPSA) is 0 Å². The van der Waals surface area contributed by atoms with E-state index in [1.54, 1.807) is 11.1 Å². The van der Waals surface area contributed by atoms with Crippen LogP contribution in [0.25, 0.3) is 34.4 Å². The molecule has 0 N–H and O–H groups in total. The number of hydrogen-bond donors (Lipinski definition) is 0. The Labute approximate surface area is 386 Å². The fourth-order valence-electron chi connectivity index (χ4n) is 14.0. The molecule has 2 atom stereocenters. The zero-order valence-corrected chi connectivity index (χ0v) is 44.9. The monoisotopic (exact) mass is 961 g/mol. The first-order valence-electron chi connectivity index (χ1n) is 25.1. The Kier molecular flexibility index (Phi) is 14.1. The number of benzene rings is 4. The maximum atomic E-state index is 9.38. The molecule has 62 heavy (non-hydrogen) atoms. The molecule has 2 unspecified atom stereocenters. The summed E-state index contributed by atoms with van der Waals surface area (Å²) in [7, 11) is 18.8. The summed E-state index contributed by atoms with van der Waals surface area (Å²) < 4.78 is 0.203. The summed E-state index contributed by atoms with van der Waals surface area (Å²) in [5.41, 5.74) is 20.2. The zero-order chi connectivity index (χ0) is 43.9. The Hall–Kier alpha value is -1.96. The van der Waals surface area contributed by atoms with E-state index in [0.717, 1.165) is 12.8 Å². The second-order valence-corrected chi connectivity index (χ2v) is 64.2. The molecule has 0 saturated heterocycles. The molecule has 4 aliphatic carbocycles. The first-order chi connectivity index (χ1) is 29.7. The fourth-order valence-corrected chi connectivity index (χ4v) is 45.3. The summed E-state index contributed by atoms with van der Waals surface area (Å²) in [5.74, 6) is -1.78. The molecule has 0 bridgehead atoms. The molecule has 0 amide bonds. The number of fused-ring (bicyclic) bond motifs is 2. The van der Waals surface area contributed by atoms with Crippen molar-refractivity contribution in [1.82, 2.24) is 0 Å². The Morgan fingerprint density at radius 2 is 0.887 bits per heavy atom. The van der Waals surface area contributed by atoms with Crippen LogP contribution in [0.1, 0.15) is 181 Å². The molecular weight excluding hydrogens is 887 g/mol. The standard InChI is InChI=1S/2C28H35.C2H7Si.2ClH.Zr/c2*1-4-12-28(13-7-5-6-8-14-28)20-23-18-24-10-9-11-26(27(24)19-23)25-16-21(2)15-22(3)17-25;1-3-2;;;/h2*9-11,15-19H,4-8,12-14,20H2,1-3H3;3H,1-2H3;2*1H;/q;;;;;+2/p-2. The van der Waals surface area contributed by atoms with Gasteiger partial charge in [0, 0.05) is 0 Å². The van der Waals surface area contributed by atoms with Gasteiger partial charge in [0.15, 0.2) is 0 Å². The number of allylic oxidation sites excluding steroid dienone is 2. The predicted molar refractivity (Wildman–Crippen MR) is 274 cm³/mol. The van der Waals surface area contributed by atoms with E-state index in [2.05, 4.69) is 140 Å². The number of hydrogen-bond acceptors (Lipinski definition) is 0. The minimum atomic E-state index is -5.17. The van der Waals surface area contributed by atoms with Crippen LogP contribution in [0.5, 0.6) is 0 Å². The first kappa shape index (κ1) is 46.6. The molecule has 2 saturated carbocycles. The Morgan fingerprint density at radius 3 is 1.21 bits per heavy atom. The van der Waals surface area contributed by atoms with Crippen molar-refractivity contribution in [2.75, 3.05) is 0 Å². The number of aryl methyl sites for hydroxylation is 4. The molecule has 8 rings (SSSR count). The van der Waals surface area contributed by atoms with E-state index < -0.39 is 21.5 Å². The van der Waals surface area contributed by atoms with Crippen molar-refractivity contribution >= 4 is 35.1 Å². The van der Waals surface area contributed by atoms with E-state index in [-0.39, 0.29) is 7.25 Å². The molecule has 4 heteroatoms. The van der Waals surface area contributed by atoms with Crippen molar-refractivity contribution < 1.29 is 15.6 Å². The molecule has 0 heterocycles. The van der Waals surface area contributed by atoms with E-state index in [0.29, 0.717) is 10.8 Å². The molecule has 0 spiro atoms. The van der Waals surface area contributed by atoms with Gasteiger partial charge in [-0.1, -0.05) is 0 Å². The average molecular weight is 964 g/mol. The molecule has 0 nitrogen and oxygen atoms in total. The van der Waals surface area contributed by atoms with E-state index in [9.17, 15) is 17.0 Å². The van der Waals surface area contributed by atoms with Crippen molar-refractivity contribution in [3.05, 3.63) is 128 Å². The molecule has 4 aromatic carbocycles. The van der Waals surface area contributed by atoms with Gasteiger partial charge in [0.2, 0.25) is 0 Å². The summed E-state index contributed by atoms with van der Waals surface area (Å²) in [4.78, 5) is 0. The number of halogens is 2. The fraction of sp³-hybridized carbons (Fsp3) is 0.517. The number of rotatable bonds is 13. The summed E-state index contributed by atoms with van der Waals surface area (Å²) in [6, 6.07) is 28.7. The van der Waals surface area contributed by atoms with Gasteiger partial charge in [-0.25, -0.2) is 0 Å². The Balaban J connectivity index is 1.39. The second-order valence-electron chi connectivity index (χ2n) is 21.7. The van der Waals surface area contributed by atoms with Crippen LogP contribution in [0.15, 0.2) is 83.9 Å². The van der Waals surface area contributed by atoms with Crippen LogP contribution in [0.3, 0.4) is 0 Å². The minimum absolute atomic E-state index is 0.102. The molecule has 2 fully saturated rings. The van der Waals surface area contributed by atoms with Gasteiger partial charge in [0.25, 0.3) is 0 Å². The van der Waals surface area contributed by atoms with Crippen molar-refractivity contribution in [2.45, 2.75) is 177 Å². The van der Waals surface area contributed by atoms with E-state index in [1.165, 1.54) is 169 Å². The van der Waals surface area contributed by atoms with Crippen LogP contribution in [0.2, 0.25) is 13.1 Å². The maximum absolute atomic E-state index is 9.38. The van der Waals surface area contributed by atoms with Crippen LogP contribution in [0.4, 0.5) is 0 Å². The van der Waals surface area contributed by atoms with Crippen molar-refractivity contribution in [3.8, 4) is 22.3 Å². The molecule has 0 radical (unpaired) electrons. The van der Waals surface area contributed by atoms with Crippen LogP contribution < -0.4 is 0 Å². The van der Waals surface area contributed by atoms with Gasteiger partial charge in [-0.2, -0.15) is 0 Å². The van der Waals surface area contributed by atoms with Gasteiger partial charge in [0.05, 0.1) is 0 Å². The van der Waals surface area contributed by atoms with Gasteiger partial charge < -0.3 is 0 Å². The van der Waals surface area contributed by atoms with Gasteiger partial charge >= 0.3 is 390 Å². The summed E-state index contributed by atoms with van der Waals surface area (Å²) in [6.45, 7) is 19.0. The van der Waals surface area contributed by atoms with Gasteiger partial charge in [-0.15, -0.1) is 0 Å². The third-order valence-corrected chi connectivity index (χ3v) is 68.5. The first-order valence-corrected chi connectivity index (χ1v) is 41.4.